The standard InChI is InChI=1S/C30H31N3O6/c1-20-18-23(12-15-25(20)39-19-21-8-5-4-6-9-21)28(34)26-27(22-10-13-24(14-11-22)33(37)38)32(30(36)29(26)35)17-7-16-31(2)3/h4-6,8-15,18,27,34H,7,16-17,19H2,1-3H3/t27-/m1/s1. The van der Waals surface area contributed by atoms with Crippen molar-refractivity contribution in [2.75, 3.05) is 27.2 Å². The molecule has 1 N–H and O–H groups in total. The summed E-state index contributed by atoms with van der Waals surface area (Å²) in [5, 5.41) is 22.5. The Kier molecular flexibility index (Phi) is 8.41. The van der Waals surface area contributed by atoms with Gasteiger partial charge in [0, 0.05) is 24.2 Å². The normalized spacial score (nSPS) is 16.6. The van der Waals surface area contributed by atoms with Crippen LogP contribution in [-0.2, 0) is 16.2 Å². The number of nitro groups is 1. The number of likely N-dealkylation sites (tertiary alicyclic amines) is 1. The van der Waals surface area contributed by atoms with Crippen molar-refractivity contribution in [2.24, 2.45) is 0 Å². The summed E-state index contributed by atoms with van der Waals surface area (Å²) in [7, 11) is 3.83. The van der Waals surface area contributed by atoms with Gasteiger partial charge < -0.3 is 19.6 Å². The van der Waals surface area contributed by atoms with E-state index in [4.69, 9.17) is 4.74 Å². The van der Waals surface area contributed by atoms with Crippen LogP contribution in [0.15, 0.2) is 78.4 Å². The molecule has 1 saturated heterocycles. The fraction of sp³-hybridized carbons (Fsp3) is 0.267. The molecule has 9 nitrogen and oxygen atoms in total. The Balaban J connectivity index is 1.69. The van der Waals surface area contributed by atoms with Crippen molar-refractivity contribution < 1.29 is 24.4 Å². The van der Waals surface area contributed by atoms with E-state index in [-0.39, 0.29) is 23.6 Å². The molecule has 0 saturated carbocycles. The molecule has 9 heteroatoms. The molecule has 1 atom stereocenters. The second-order valence-corrected chi connectivity index (χ2v) is 9.75. The van der Waals surface area contributed by atoms with Gasteiger partial charge in [-0.1, -0.05) is 30.3 Å². The first kappa shape index (κ1) is 27.5. The number of ketones is 1. The van der Waals surface area contributed by atoms with Gasteiger partial charge in [-0.25, -0.2) is 0 Å². The number of aryl methyl sites for hydroxylation is 1. The van der Waals surface area contributed by atoms with Crippen LogP contribution in [0.2, 0.25) is 0 Å². The van der Waals surface area contributed by atoms with Crippen molar-refractivity contribution in [2.45, 2.75) is 26.0 Å². The first-order chi connectivity index (χ1) is 18.7. The SMILES string of the molecule is Cc1cc(C(O)=C2C(=O)C(=O)N(CCCN(C)C)[C@@H]2c2ccc([N+](=O)[O-])cc2)ccc1OCc1ccccc1. The predicted molar refractivity (Wildman–Crippen MR) is 147 cm³/mol. The number of rotatable bonds is 10. The zero-order valence-electron chi connectivity index (χ0n) is 22.2. The van der Waals surface area contributed by atoms with Crippen LogP contribution in [0.3, 0.4) is 0 Å². The lowest BCUT2D eigenvalue weighted by molar-refractivity contribution is -0.384. The van der Waals surface area contributed by atoms with E-state index in [0.29, 0.717) is 36.4 Å². The zero-order chi connectivity index (χ0) is 28.1. The highest BCUT2D eigenvalue weighted by atomic mass is 16.6. The molecular weight excluding hydrogens is 498 g/mol. The van der Waals surface area contributed by atoms with Gasteiger partial charge in [-0.2, -0.15) is 0 Å². The third-order valence-electron chi connectivity index (χ3n) is 6.65. The number of nitrogens with zero attached hydrogens (tertiary/aromatic N) is 3. The summed E-state index contributed by atoms with van der Waals surface area (Å²) in [5.74, 6) is -1.17. The summed E-state index contributed by atoms with van der Waals surface area (Å²) in [6, 6.07) is 19.6. The number of carbonyl (C=O) groups is 2. The maximum absolute atomic E-state index is 13.2. The van der Waals surface area contributed by atoms with Crippen molar-refractivity contribution in [3.8, 4) is 5.75 Å². The number of benzene rings is 3. The van der Waals surface area contributed by atoms with E-state index in [1.807, 2.05) is 56.3 Å². The van der Waals surface area contributed by atoms with Crippen LogP contribution in [0.5, 0.6) is 5.75 Å². The molecule has 0 spiro atoms. The van der Waals surface area contributed by atoms with Gasteiger partial charge in [0.25, 0.3) is 17.4 Å². The van der Waals surface area contributed by atoms with E-state index >= 15 is 0 Å². The van der Waals surface area contributed by atoms with Gasteiger partial charge in [0.05, 0.1) is 16.5 Å². The molecular formula is C30H31N3O6. The van der Waals surface area contributed by atoms with Crippen LogP contribution in [0, 0.1) is 17.0 Å². The van der Waals surface area contributed by atoms with Crippen LogP contribution >= 0.6 is 0 Å². The first-order valence-corrected chi connectivity index (χ1v) is 12.6. The fourth-order valence-corrected chi connectivity index (χ4v) is 4.64. The third kappa shape index (κ3) is 6.15. The highest BCUT2D eigenvalue weighted by molar-refractivity contribution is 6.46. The summed E-state index contributed by atoms with van der Waals surface area (Å²) in [6.07, 6.45) is 0.607. The van der Waals surface area contributed by atoms with Gasteiger partial charge in [-0.05, 0) is 81.0 Å². The van der Waals surface area contributed by atoms with Crippen LogP contribution in [0.4, 0.5) is 5.69 Å². The predicted octanol–water partition coefficient (Wildman–Crippen LogP) is 4.86. The molecule has 202 valence electrons. The number of amides is 1. The maximum Gasteiger partial charge on any atom is 0.295 e. The molecule has 1 heterocycles. The van der Waals surface area contributed by atoms with E-state index in [0.717, 1.165) is 11.1 Å². The monoisotopic (exact) mass is 529 g/mol. The fourth-order valence-electron chi connectivity index (χ4n) is 4.64. The Morgan fingerprint density at radius 1 is 1.05 bits per heavy atom. The molecule has 3 aromatic carbocycles. The second-order valence-electron chi connectivity index (χ2n) is 9.75. The molecule has 1 fully saturated rings. The number of aliphatic hydroxyl groups is 1. The minimum absolute atomic E-state index is 0.0453. The van der Waals surface area contributed by atoms with Crippen molar-refractivity contribution in [1.82, 2.24) is 9.80 Å². The molecule has 39 heavy (non-hydrogen) atoms. The molecule has 0 aromatic heterocycles. The van der Waals surface area contributed by atoms with Gasteiger partial charge in [0.2, 0.25) is 0 Å². The molecule has 0 unspecified atom stereocenters. The molecule has 1 aliphatic heterocycles. The molecule has 0 radical (unpaired) electrons. The molecule has 4 rings (SSSR count). The lowest BCUT2D eigenvalue weighted by Crippen LogP contribution is -2.32. The Hall–Kier alpha value is -4.50. The lowest BCUT2D eigenvalue weighted by Gasteiger charge is -2.26. The van der Waals surface area contributed by atoms with Crippen LogP contribution < -0.4 is 4.74 Å². The summed E-state index contributed by atoms with van der Waals surface area (Å²) in [6.45, 7) is 3.20. The summed E-state index contributed by atoms with van der Waals surface area (Å²) >= 11 is 0. The number of hydrogen-bond donors (Lipinski definition) is 1. The quantitative estimate of drug-likeness (QED) is 0.131. The van der Waals surface area contributed by atoms with Crippen molar-refractivity contribution in [3.63, 3.8) is 0 Å². The molecule has 1 aliphatic rings. The minimum atomic E-state index is -0.873. The lowest BCUT2D eigenvalue weighted by atomic mass is 9.94. The number of hydrogen-bond acceptors (Lipinski definition) is 7. The van der Waals surface area contributed by atoms with E-state index < -0.39 is 22.7 Å². The third-order valence-corrected chi connectivity index (χ3v) is 6.65. The Morgan fingerprint density at radius 2 is 1.74 bits per heavy atom. The van der Waals surface area contributed by atoms with E-state index in [9.17, 15) is 24.8 Å². The molecule has 1 amide bonds. The number of nitro benzene ring substituents is 1. The summed E-state index contributed by atoms with van der Waals surface area (Å²) < 4.78 is 5.94. The molecule has 3 aromatic rings. The van der Waals surface area contributed by atoms with Crippen molar-refractivity contribution >= 4 is 23.1 Å². The van der Waals surface area contributed by atoms with E-state index in [1.165, 1.54) is 29.2 Å². The number of ether oxygens (including phenoxy) is 1. The Labute approximate surface area is 227 Å². The van der Waals surface area contributed by atoms with Gasteiger partial charge in [-0.15, -0.1) is 0 Å². The summed E-state index contributed by atoms with van der Waals surface area (Å²) in [5.41, 5.74) is 2.49. The second kappa shape index (κ2) is 11.9. The largest absolute Gasteiger partial charge is 0.507 e. The average molecular weight is 530 g/mol. The van der Waals surface area contributed by atoms with Crippen LogP contribution in [0.1, 0.15) is 34.7 Å². The number of aliphatic hydroxyl groups excluding tert-OH is 1. The van der Waals surface area contributed by atoms with Crippen LogP contribution in [-0.4, -0.2) is 58.7 Å². The zero-order valence-corrected chi connectivity index (χ0v) is 22.2. The van der Waals surface area contributed by atoms with Gasteiger partial charge in [-0.3, -0.25) is 19.7 Å². The Bertz CT molecular complexity index is 1400. The van der Waals surface area contributed by atoms with Gasteiger partial charge in [0.15, 0.2) is 0 Å². The number of Topliss-reactive ketones (excluding diaryl/α,β-unsaturated/α-hetero) is 1. The summed E-state index contributed by atoms with van der Waals surface area (Å²) in [4.78, 5) is 40.4. The highest BCUT2D eigenvalue weighted by Gasteiger charge is 2.45. The van der Waals surface area contributed by atoms with Gasteiger partial charge >= 0.3 is 0 Å². The van der Waals surface area contributed by atoms with Crippen molar-refractivity contribution in [1.29, 1.82) is 0 Å². The van der Waals surface area contributed by atoms with Crippen molar-refractivity contribution in [3.05, 3.63) is 111 Å². The first-order valence-electron chi connectivity index (χ1n) is 12.6. The van der Waals surface area contributed by atoms with E-state index in [1.54, 1.807) is 18.2 Å². The maximum atomic E-state index is 13.2. The highest BCUT2D eigenvalue weighted by Crippen LogP contribution is 2.40. The minimum Gasteiger partial charge on any atom is -0.507 e. The molecule has 0 bridgehead atoms. The van der Waals surface area contributed by atoms with Gasteiger partial charge in [0.1, 0.15) is 18.1 Å². The topological polar surface area (TPSA) is 113 Å². The smallest absolute Gasteiger partial charge is 0.295 e. The van der Waals surface area contributed by atoms with E-state index in [2.05, 4.69) is 0 Å². The Morgan fingerprint density at radius 3 is 2.36 bits per heavy atom. The number of non-ortho nitro benzene ring substituents is 1. The van der Waals surface area contributed by atoms with Crippen LogP contribution in [0.25, 0.3) is 5.76 Å². The molecule has 0 aliphatic carbocycles. The average Bonchev–Trinajstić information content (AvgIpc) is 3.17. The number of carbonyl (C=O) groups excluding carboxylic acids is 2.